The number of aromatic carboxylic acids is 1. The lowest BCUT2D eigenvalue weighted by molar-refractivity contribution is -0.129. The van der Waals surface area contributed by atoms with Crippen molar-refractivity contribution in [1.82, 2.24) is 4.90 Å². The van der Waals surface area contributed by atoms with Gasteiger partial charge in [-0.25, -0.2) is 18.6 Å². The molecule has 1 aliphatic rings. The van der Waals surface area contributed by atoms with Gasteiger partial charge in [0.05, 0.1) is 17.8 Å². The Kier molecular flexibility index (Phi) is 7.21. The predicted octanol–water partition coefficient (Wildman–Crippen LogP) is 4.82. The van der Waals surface area contributed by atoms with E-state index in [4.69, 9.17) is 5.11 Å². The molecule has 0 bridgehead atoms. The van der Waals surface area contributed by atoms with Crippen LogP contribution in [0.15, 0.2) is 77.8 Å². The molecule has 1 saturated heterocycles. The van der Waals surface area contributed by atoms with Crippen molar-refractivity contribution >= 4 is 46.1 Å². The van der Waals surface area contributed by atoms with E-state index in [0.717, 1.165) is 11.8 Å². The van der Waals surface area contributed by atoms with Crippen molar-refractivity contribution in [3.8, 4) is 0 Å². The van der Waals surface area contributed by atoms with E-state index in [-0.39, 0.29) is 35.3 Å². The molecule has 1 atom stereocenters. The summed E-state index contributed by atoms with van der Waals surface area (Å²) in [5, 5.41) is 11.2. The maximum Gasteiger partial charge on any atom is 0.335 e. The molecule has 7 nitrogen and oxygen atoms in total. The molecule has 0 aliphatic carbocycles. The maximum atomic E-state index is 13.3. The number of nitrogens with zero attached hydrogens (tertiary/aromatic N) is 2. The molecule has 0 radical (unpaired) electrons. The standard InChI is InChI=1S/C25H19F2N3O4S/c26-17-6-4-15(5-7-17)14-30-22(31)13-21(35-25(30)29-19-10-8-18(27)9-11-19)23(32)28-20-3-1-2-16(12-20)24(33)34/h1-12,21H,13-14H2,(H,28,32)(H,33,34). The second-order valence-corrected chi connectivity index (χ2v) is 8.83. The minimum absolute atomic E-state index is 0.0132. The minimum atomic E-state index is -1.13. The fourth-order valence-electron chi connectivity index (χ4n) is 3.35. The molecule has 10 heteroatoms. The summed E-state index contributed by atoms with van der Waals surface area (Å²) in [7, 11) is 0. The van der Waals surface area contributed by atoms with Crippen LogP contribution in [0.2, 0.25) is 0 Å². The highest BCUT2D eigenvalue weighted by Gasteiger charge is 2.36. The zero-order valence-electron chi connectivity index (χ0n) is 18.2. The number of carbonyl (C=O) groups excluding carboxylic acids is 2. The zero-order valence-corrected chi connectivity index (χ0v) is 19.0. The Bertz CT molecular complexity index is 1300. The second kappa shape index (κ2) is 10.5. The third-order valence-electron chi connectivity index (χ3n) is 5.11. The molecule has 35 heavy (non-hydrogen) atoms. The molecule has 1 aliphatic heterocycles. The Morgan fingerprint density at radius 3 is 2.34 bits per heavy atom. The summed E-state index contributed by atoms with van der Waals surface area (Å²) in [6.45, 7) is 0.112. The molecule has 3 aromatic rings. The van der Waals surface area contributed by atoms with Gasteiger partial charge in [-0.2, -0.15) is 0 Å². The predicted molar refractivity (Wildman–Crippen MR) is 128 cm³/mol. The molecule has 0 spiro atoms. The highest BCUT2D eigenvalue weighted by atomic mass is 32.2. The molecule has 0 aromatic heterocycles. The quantitative estimate of drug-likeness (QED) is 0.511. The van der Waals surface area contributed by atoms with Gasteiger partial charge < -0.3 is 10.4 Å². The van der Waals surface area contributed by atoms with E-state index in [1.165, 1.54) is 59.5 Å². The topological polar surface area (TPSA) is 99.1 Å². The van der Waals surface area contributed by atoms with Gasteiger partial charge in [-0.15, -0.1) is 0 Å². The average molecular weight is 496 g/mol. The molecule has 0 saturated carbocycles. The molecule has 1 heterocycles. The van der Waals surface area contributed by atoms with Gasteiger partial charge in [0.2, 0.25) is 11.8 Å². The Morgan fingerprint density at radius 1 is 1.03 bits per heavy atom. The highest BCUT2D eigenvalue weighted by Crippen LogP contribution is 2.31. The lowest BCUT2D eigenvalue weighted by Crippen LogP contribution is -2.44. The van der Waals surface area contributed by atoms with E-state index in [1.807, 2.05) is 0 Å². The van der Waals surface area contributed by atoms with Crippen LogP contribution in [0.1, 0.15) is 22.3 Å². The summed E-state index contributed by atoms with van der Waals surface area (Å²) in [5.74, 6) is -2.83. The van der Waals surface area contributed by atoms with Gasteiger partial charge in [-0.1, -0.05) is 30.0 Å². The molecule has 2 amide bonds. The van der Waals surface area contributed by atoms with Crippen molar-refractivity contribution in [2.75, 3.05) is 5.32 Å². The number of amidine groups is 1. The Labute approximate surface area is 203 Å². The van der Waals surface area contributed by atoms with Crippen LogP contribution in [-0.4, -0.2) is 38.2 Å². The molecule has 178 valence electrons. The van der Waals surface area contributed by atoms with Crippen LogP contribution in [0.4, 0.5) is 20.2 Å². The number of aliphatic imine (C=N–C) groups is 1. The van der Waals surface area contributed by atoms with Gasteiger partial charge in [0.15, 0.2) is 5.17 Å². The van der Waals surface area contributed by atoms with Gasteiger partial charge in [0, 0.05) is 12.1 Å². The Morgan fingerprint density at radius 2 is 1.69 bits per heavy atom. The summed E-state index contributed by atoms with van der Waals surface area (Å²) in [5.41, 5.74) is 1.36. The van der Waals surface area contributed by atoms with Crippen LogP contribution in [0.25, 0.3) is 0 Å². The summed E-state index contributed by atoms with van der Waals surface area (Å²) in [6, 6.07) is 16.8. The number of carboxylic acids is 1. The first-order chi connectivity index (χ1) is 16.8. The second-order valence-electron chi connectivity index (χ2n) is 7.66. The normalized spacial score (nSPS) is 16.9. The van der Waals surface area contributed by atoms with E-state index < -0.39 is 28.8 Å². The van der Waals surface area contributed by atoms with Gasteiger partial charge >= 0.3 is 5.97 Å². The molecule has 1 fully saturated rings. The van der Waals surface area contributed by atoms with E-state index in [0.29, 0.717) is 11.3 Å². The summed E-state index contributed by atoms with van der Waals surface area (Å²) in [6.07, 6.45) is -0.126. The largest absolute Gasteiger partial charge is 0.478 e. The average Bonchev–Trinajstić information content (AvgIpc) is 2.84. The van der Waals surface area contributed by atoms with E-state index in [1.54, 1.807) is 18.2 Å². The number of anilines is 1. The van der Waals surface area contributed by atoms with Crippen LogP contribution >= 0.6 is 11.8 Å². The molecular formula is C25H19F2N3O4S. The van der Waals surface area contributed by atoms with Gasteiger partial charge in [-0.3, -0.25) is 14.5 Å². The monoisotopic (exact) mass is 495 g/mol. The third kappa shape index (κ3) is 6.10. The molecular weight excluding hydrogens is 476 g/mol. The van der Waals surface area contributed by atoms with Crippen molar-refractivity contribution in [3.05, 3.63) is 95.6 Å². The van der Waals surface area contributed by atoms with E-state index >= 15 is 0 Å². The number of hydrogen-bond acceptors (Lipinski definition) is 5. The number of nitrogens with one attached hydrogen (secondary N) is 1. The Balaban J connectivity index is 1.59. The lowest BCUT2D eigenvalue weighted by atomic mass is 10.1. The summed E-state index contributed by atoms with van der Waals surface area (Å²) in [4.78, 5) is 43.1. The number of carboxylic acid groups (broad SMARTS) is 1. The van der Waals surface area contributed by atoms with Crippen LogP contribution in [0.3, 0.4) is 0 Å². The first kappa shape index (κ1) is 24.1. The van der Waals surface area contributed by atoms with Gasteiger partial charge in [0.1, 0.15) is 16.9 Å². The number of hydrogen-bond donors (Lipinski definition) is 2. The van der Waals surface area contributed by atoms with Crippen molar-refractivity contribution < 1.29 is 28.3 Å². The minimum Gasteiger partial charge on any atom is -0.478 e. The summed E-state index contributed by atoms with van der Waals surface area (Å²) >= 11 is 1.06. The number of carbonyl (C=O) groups is 3. The smallest absolute Gasteiger partial charge is 0.335 e. The number of amides is 2. The highest BCUT2D eigenvalue weighted by molar-refractivity contribution is 8.15. The van der Waals surface area contributed by atoms with Crippen LogP contribution in [-0.2, 0) is 16.1 Å². The van der Waals surface area contributed by atoms with Gasteiger partial charge in [0.25, 0.3) is 0 Å². The molecule has 3 aromatic carbocycles. The van der Waals surface area contributed by atoms with Crippen molar-refractivity contribution in [3.63, 3.8) is 0 Å². The fraction of sp³-hybridized carbons (Fsp3) is 0.120. The Hall–Kier alpha value is -4.05. The fourth-order valence-corrected chi connectivity index (χ4v) is 4.45. The van der Waals surface area contributed by atoms with Crippen molar-refractivity contribution in [1.29, 1.82) is 0 Å². The first-order valence-electron chi connectivity index (χ1n) is 10.5. The number of benzene rings is 3. The molecule has 2 N–H and O–H groups in total. The molecule has 4 rings (SSSR count). The van der Waals surface area contributed by atoms with Crippen molar-refractivity contribution in [2.45, 2.75) is 18.2 Å². The maximum absolute atomic E-state index is 13.3. The van der Waals surface area contributed by atoms with E-state index in [9.17, 15) is 23.2 Å². The zero-order chi connectivity index (χ0) is 24.9. The van der Waals surface area contributed by atoms with E-state index in [2.05, 4.69) is 10.3 Å². The number of thioether (sulfide) groups is 1. The molecule has 1 unspecified atom stereocenters. The lowest BCUT2D eigenvalue weighted by Gasteiger charge is -2.32. The first-order valence-corrected chi connectivity index (χ1v) is 11.4. The van der Waals surface area contributed by atoms with Gasteiger partial charge in [-0.05, 0) is 60.2 Å². The van der Waals surface area contributed by atoms with Crippen molar-refractivity contribution in [2.24, 2.45) is 4.99 Å². The van der Waals surface area contributed by atoms with Crippen LogP contribution in [0.5, 0.6) is 0 Å². The summed E-state index contributed by atoms with van der Waals surface area (Å²) < 4.78 is 26.6. The SMILES string of the molecule is O=C(O)c1cccc(NC(=O)C2CC(=O)N(Cc3ccc(F)cc3)C(=Nc3ccc(F)cc3)S2)c1. The van der Waals surface area contributed by atoms with Crippen LogP contribution in [0, 0.1) is 11.6 Å². The number of halogens is 2. The van der Waals surface area contributed by atoms with Crippen LogP contribution < -0.4 is 5.32 Å². The third-order valence-corrected chi connectivity index (χ3v) is 6.30. The number of rotatable bonds is 6.